The summed E-state index contributed by atoms with van der Waals surface area (Å²) in [6.07, 6.45) is 4.61. The van der Waals surface area contributed by atoms with E-state index in [-0.39, 0.29) is 6.10 Å². The summed E-state index contributed by atoms with van der Waals surface area (Å²) < 4.78 is 0. The summed E-state index contributed by atoms with van der Waals surface area (Å²) in [5, 5.41) is 9.08. The molecule has 10 heavy (non-hydrogen) atoms. The molecule has 62 valence electrons. The highest BCUT2D eigenvalue weighted by atomic mass is 16.3. The summed E-state index contributed by atoms with van der Waals surface area (Å²) in [6, 6.07) is 0. The van der Waals surface area contributed by atoms with Crippen LogP contribution in [0.5, 0.6) is 0 Å². The van der Waals surface area contributed by atoms with Gasteiger partial charge in [0.2, 0.25) is 0 Å². The molecule has 1 nitrogen and oxygen atoms in total. The zero-order valence-corrected chi connectivity index (χ0v) is 7.43. The minimum absolute atomic E-state index is 0.0127. The molecule has 0 aromatic rings. The molecule has 1 fully saturated rings. The van der Waals surface area contributed by atoms with Crippen LogP contribution < -0.4 is 0 Å². The first-order chi connectivity index (χ1) is 4.79. The second-order valence-electron chi connectivity index (χ2n) is 2.93. The topological polar surface area (TPSA) is 20.2 Å². The summed E-state index contributed by atoms with van der Waals surface area (Å²) in [6.45, 7) is 6.21. The average Bonchev–Trinajstić information content (AvgIpc) is 1.91. The molecule has 1 N–H and O–H groups in total. The van der Waals surface area contributed by atoms with Crippen molar-refractivity contribution in [2.75, 3.05) is 0 Å². The van der Waals surface area contributed by atoms with Gasteiger partial charge in [0.15, 0.2) is 0 Å². The highest BCUT2D eigenvalue weighted by molar-refractivity contribution is 4.67. The Hall–Kier alpha value is -0.0400. The largest absolute Gasteiger partial charge is 0.393 e. The molecule has 1 rings (SSSR count). The van der Waals surface area contributed by atoms with Gasteiger partial charge in [-0.1, -0.05) is 33.6 Å². The molecule has 0 spiro atoms. The summed E-state index contributed by atoms with van der Waals surface area (Å²) >= 11 is 0. The average molecular weight is 144 g/mol. The number of hydrogen-bond donors (Lipinski definition) is 1. The van der Waals surface area contributed by atoms with Crippen molar-refractivity contribution in [3.63, 3.8) is 0 Å². The molecule has 0 heterocycles. The fraction of sp³-hybridized carbons (Fsp3) is 1.00. The van der Waals surface area contributed by atoms with E-state index >= 15 is 0 Å². The van der Waals surface area contributed by atoms with Crippen LogP contribution in [-0.2, 0) is 0 Å². The van der Waals surface area contributed by atoms with E-state index < -0.39 is 0 Å². The van der Waals surface area contributed by atoms with Gasteiger partial charge in [0.05, 0.1) is 6.10 Å². The van der Waals surface area contributed by atoms with Crippen molar-refractivity contribution < 1.29 is 5.11 Å². The van der Waals surface area contributed by atoms with Gasteiger partial charge in [-0.25, -0.2) is 0 Å². The minimum Gasteiger partial charge on any atom is -0.393 e. The minimum atomic E-state index is 0.0127. The molecule has 1 unspecified atom stereocenters. The van der Waals surface area contributed by atoms with Crippen molar-refractivity contribution in [2.24, 2.45) is 5.92 Å². The van der Waals surface area contributed by atoms with E-state index in [0.717, 1.165) is 18.8 Å². The lowest BCUT2D eigenvalue weighted by atomic mass is 9.89. The Morgan fingerprint density at radius 3 is 2.10 bits per heavy atom. The molecule has 1 aliphatic carbocycles. The van der Waals surface area contributed by atoms with E-state index in [1.807, 2.05) is 13.8 Å². The van der Waals surface area contributed by atoms with Crippen LogP contribution in [0.15, 0.2) is 0 Å². The van der Waals surface area contributed by atoms with Crippen LogP contribution >= 0.6 is 0 Å². The fourth-order valence-corrected chi connectivity index (χ4v) is 1.40. The molecule has 1 saturated carbocycles. The van der Waals surface area contributed by atoms with E-state index in [0.29, 0.717) is 0 Å². The van der Waals surface area contributed by atoms with Crippen LogP contribution in [0.1, 0.15) is 46.5 Å². The number of aliphatic hydroxyl groups excluding tert-OH is 1. The van der Waals surface area contributed by atoms with Gasteiger partial charge >= 0.3 is 0 Å². The summed E-state index contributed by atoms with van der Waals surface area (Å²) in [4.78, 5) is 0. The zero-order chi connectivity index (χ0) is 7.98. The predicted molar refractivity (Wildman–Crippen MR) is 45.0 cm³/mol. The normalized spacial score (nSPS) is 32.4. The van der Waals surface area contributed by atoms with Gasteiger partial charge in [-0.05, 0) is 18.8 Å². The van der Waals surface area contributed by atoms with Gasteiger partial charge in [-0.2, -0.15) is 0 Å². The maximum absolute atomic E-state index is 9.08. The van der Waals surface area contributed by atoms with Gasteiger partial charge in [0, 0.05) is 0 Å². The van der Waals surface area contributed by atoms with Crippen LogP contribution in [0.3, 0.4) is 0 Å². The lowest BCUT2D eigenvalue weighted by Crippen LogP contribution is -2.16. The molecule has 2 atom stereocenters. The Kier molecular flexibility index (Phi) is 5.70. The Morgan fingerprint density at radius 1 is 1.20 bits per heavy atom. The number of hydrogen-bond acceptors (Lipinski definition) is 1. The summed E-state index contributed by atoms with van der Waals surface area (Å²) in [5.41, 5.74) is 0. The van der Waals surface area contributed by atoms with Gasteiger partial charge in [-0.3, -0.25) is 0 Å². The Bertz CT molecular complexity index is 63.1. The lowest BCUT2D eigenvalue weighted by molar-refractivity contribution is 0.106. The predicted octanol–water partition coefficient (Wildman–Crippen LogP) is 2.58. The zero-order valence-electron chi connectivity index (χ0n) is 7.43. The summed E-state index contributed by atoms with van der Waals surface area (Å²) in [7, 11) is 0. The first kappa shape index (κ1) is 9.96. The maximum Gasteiger partial charge on any atom is 0.0542 e. The third-order valence-corrected chi connectivity index (χ3v) is 1.91. The number of rotatable bonds is 0. The van der Waals surface area contributed by atoms with Crippen molar-refractivity contribution in [1.82, 2.24) is 0 Å². The Morgan fingerprint density at radius 2 is 1.80 bits per heavy atom. The third kappa shape index (κ3) is 3.89. The van der Waals surface area contributed by atoms with Crippen LogP contribution in [0, 0.1) is 5.92 Å². The molecule has 0 aromatic carbocycles. The van der Waals surface area contributed by atoms with E-state index in [1.54, 1.807) is 0 Å². The Labute approximate surface area is 64.5 Å². The number of aliphatic hydroxyl groups is 1. The molecule has 1 heteroatoms. The van der Waals surface area contributed by atoms with Crippen LogP contribution in [0.2, 0.25) is 0 Å². The van der Waals surface area contributed by atoms with E-state index in [1.165, 1.54) is 12.8 Å². The van der Waals surface area contributed by atoms with E-state index in [4.69, 9.17) is 5.11 Å². The SMILES string of the molecule is CC.C[C@H]1CCCC(O)C1. The van der Waals surface area contributed by atoms with Crippen LogP contribution in [0.25, 0.3) is 0 Å². The maximum atomic E-state index is 9.08. The van der Waals surface area contributed by atoms with Crippen molar-refractivity contribution in [3.05, 3.63) is 0 Å². The van der Waals surface area contributed by atoms with Gasteiger partial charge in [0.1, 0.15) is 0 Å². The van der Waals surface area contributed by atoms with Gasteiger partial charge in [-0.15, -0.1) is 0 Å². The van der Waals surface area contributed by atoms with Crippen molar-refractivity contribution in [3.8, 4) is 0 Å². The van der Waals surface area contributed by atoms with E-state index in [2.05, 4.69) is 6.92 Å². The standard InChI is InChI=1S/C7H14O.C2H6/c1-6-3-2-4-7(8)5-6;1-2/h6-8H,2-5H2,1H3;1-2H3/t6-,7?;/m0./s1. The molecule has 0 radical (unpaired) electrons. The van der Waals surface area contributed by atoms with E-state index in [9.17, 15) is 0 Å². The molecule has 0 saturated heterocycles. The highest BCUT2D eigenvalue weighted by Gasteiger charge is 2.15. The highest BCUT2D eigenvalue weighted by Crippen LogP contribution is 2.22. The second kappa shape index (κ2) is 5.72. The second-order valence-corrected chi connectivity index (χ2v) is 2.93. The monoisotopic (exact) mass is 144 g/mol. The molecule has 0 amide bonds. The summed E-state index contributed by atoms with van der Waals surface area (Å²) in [5.74, 6) is 0.763. The Balaban J connectivity index is 0.000000371. The van der Waals surface area contributed by atoms with Crippen molar-refractivity contribution in [1.29, 1.82) is 0 Å². The van der Waals surface area contributed by atoms with Gasteiger partial charge in [0.25, 0.3) is 0 Å². The van der Waals surface area contributed by atoms with Crippen molar-refractivity contribution >= 4 is 0 Å². The molecule has 0 aliphatic heterocycles. The molecular formula is C9H20O. The van der Waals surface area contributed by atoms with Crippen LogP contribution in [-0.4, -0.2) is 11.2 Å². The van der Waals surface area contributed by atoms with Crippen LogP contribution in [0.4, 0.5) is 0 Å². The molecule has 1 aliphatic rings. The third-order valence-electron chi connectivity index (χ3n) is 1.91. The quantitative estimate of drug-likeness (QED) is 0.554. The molecular weight excluding hydrogens is 124 g/mol. The molecule has 0 aromatic heterocycles. The van der Waals surface area contributed by atoms with Gasteiger partial charge < -0.3 is 5.11 Å². The lowest BCUT2D eigenvalue weighted by Gasteiger charge is -2.21. The first-order valence-corrected chi connectivity index (χ1v) is 4.47. The van der Waals surface area contributed by atoms with Crippen molar-refractivity contribution in [2.45, 2.75) is 52.6 Å². The fourth-order valence-electron chi connectivity index (χ4n) is 1.40. The molecule has 0 bridgehead atoms. The first-order valence-electron chi connectivity index (χ1n) is 4.47. The smallest absolute Gasteiger partial charge is 0.0542 e.